The molecule has 5 heteroatoms. The minimum Gasteiger partial charge on any atom is -0.338 e. The molecule has 1 aromatic heterocycles. The number of anilines is 1. The van der Waals surface area contributed by atoms with Crippen LogP contribution in [0.4, 0.5) is 5.95 Å². The summed E-state index contributed by atoms with van der Waals surface area (Å²) >= 11 is 0. The van der Waals surface area contributed by atoms with Gasteiger partial charge in [0.1, 0.15) is 0 Å². The second-order valence-corrected chi connectivity index (χ2v) is 6.59. The summed E-state index contributed by atoms with van der Waals surface area (Å²) in [6.45, 7) is 2.14. The summed E-state index contributed by atoms with van der Waals surface area (Å²) in [5.74, 6) is 2.43. The first-order valence-corrected chi connectivity index (χ1v) is 8.25. The number of hydrogen-bond donors (Lipinski definition) is 1. The van der Waals surface area contributed by atoms with Crippen molar-refractivity contribution in [1.29, 1.82) is 0 Å². The van der Waals surface area contributed by atoms with Crippen molar-refractivity contribution in [3.05, 3.63) is 5.89 Å². The number of nitrogens with one attached hydrogen (secondary N) is 1. The summed E-state index contributed by atoms with van der Waals surface area (Å²) in [6.07, 6.45) is 10.4. The van der Waals surface area contributed by atoms with Gasteiger partial charge in [0.05, 0.1) is 6.04 Å². The Balaban J connectivity index is 1.45. The fourth-order valence-electron chi connectivity index (χ4n) is 4.10. The molecule has 4 rings (SSSR count). The molecule has 1 aromatic rings. The van der Waals surface area contributed by atoms with Gasteiger partial charge in [-0.05, 0) is 49.6 Å². The highest BCUT2D eigenvalue weighted by atomic mass is 16.5. The lowest BCUT2D eigenvalue weighted by Gasteiger charge is -2.24. The van der Waals surface area contributed by atoms with E-state index in [1.165, 1.54) is 51.4 Å². The number of hydrogen-bond acceptors (Lipinski definition) is 5. The third-order valence-electron chi connectivity index (χ3n) is 5.23. The summed E-state index contributed by atoms with van der Waals surface area (Å²) in [5, 5.41) is 7.91. The molecule has 20 heavy (non-hydrogen) atoms. The van der Waals surface area contributed by atoms with Gasteiger partial charge in [-0.2, -0.15) is 4.98 Å². The van der Waals surface area contributed by atoms with E-state index < -0.39 is 0 Å². The van der Waals surface area contributed by atoms with E-state index >= 15 is 0 Å². The van der Waals surface area contributed by atoms with Crippen LogP contribution in [0, 0.1) is 5.92 Å². The van der Waals surface area contributed by atoms with Gasteiger partial charge < -0.3 is 14.7 Å². The van der Waals surface area contributed by atoms with Crippen LogP contribution in [0.1, 0.15) is 63.3 Å². The highest BCUT2D eigenvalue weighted by Crippen LogP contribution is 2.38. The van der Waals surface area contributed by atoms with E-state index in [0.717, 1.165) is 30.8 Å². The maximum Gasteiger partial charge on any atom is 0.266 e. The Morgan fingerprint density at radius 1 is 1.05 bits per heavy atom. The molecule has 1 aliphatic carbocycles. The fraction of sp³-hybridized carbons (Fsp3) is 0.867. The van der Waals surface area contributed by atoms with Gasteiger partial charge in [-0.25, -0.2) is 0 Å². The average molecular weight is 276 g/mol. The topological polar surface area (TPSA) is 54.2 Å². The highest BCUT2D eigenvalue weighted by molar-refractivity contribution is 5.28. The van der Waals surface area contributed by atoms with Crippen molar-refractivity contribution >= 4 is 5.95 Å². The third-order valence-corrected chi connectivity index (χ3v) is 5.23. The lowest BCUT2D eigenvalue weighted by molar-refractivity contribution is 0.324. The SMILES string of the molecule is C1CCN(c2noc(C3CC4CCCCC4N3)n2)CC1. The Hall–Kier alpha value is -1.10. The van der Waals surface area contributed by atoms with E-state index in [9.17, 15) is 0 Å². The molecule has 3 unspecified atom stereocenters. The normalized spacial score (nSPS) is 34.2. The molecule has 1 saturated carbocycles. The summed E-state index contributed by atoms with van der Waals surface area (Å²) in [5.41, 5.74) is 0. The largest absolute Gasteiger partial charge is 0.338 e. The minimum atomic E-state index is 0.286. The fourth-order valence-corrected chi connectivity index (χ4v) is 4.10. The van der Waals surface area contributed by atoms with E-state index in [1.807, 2.05) is 0 Å². The van der Waals surface area contributed by atoms with Gasteiger partial charge >= 0.3 is 0 Å². The third kappa shape index (κ3) is 2.32. The lowest BCUT2D eigenvalue weighted by Crippen LogP contribution is -2.31. The highest BCUT2D eigenvalue weighted by Gasteiger charge is 2.38. The average Bonchev–Trinajstić information content (AvgIpc) is 3.14. The summed E-state index contributed by atoms with van der Waals surface area (Å²) in [4.78, 5) is 6.92. The first-order valence-electron chi connectivity index (χ1n) is 8.25. The number of rotatable bonds is 2. The summed E-state index contributed by atoms with van der Waals surface area (Å²) < 4.78 is 5.54. The molecule has 3 fully saturated rings. The van der Waals surface area contributed by atoms with E-state index in [0.29, 0.717) is 6.04 Å². The van der Waals surface area contributed by atoms with E-state index in [2.05, 4.69) is 20.4 Å². The van der Waals surface area contributed by atoms with Crippen LogP contribution >= 0.6 is 0 Å². The Kier molecular flexibility index (Phi) is 3.38. The maximum absolute atomic E-state index is 5.54. The lowest BCUT2D eigenvalue weighted by atomic mass is 9.85. The Bertz CT molecular complexity index is 440. The minimum absolute atomic E-state index is 0.286. The molecule has 0 amide bonds. The van der Waals surface area contributed by atoms with Crippen LogP contribution < -0.4 is 10.2 Å². The molecule has 0 aromatic carbocycles. The van der Waals surface area contributed by atoms with Crippen LogP contribution in [-0.4, -0.2) is 29.3 Å². The summed E-state index contributed by atoms with van der Waals surface area (Å²) in [6, 6.07) is 0.966. The first kappa shape index (κ1) is 12.6. The molecule has 1 N–H and O–H groups in total. The molecule has 3 atom stereocenters. The van der Waals surface area contributed by atoms with Crippen LogP contribution in [0.5, 0.6) is 0 Å². The van der Waals surface area contributed by atoms with Crippen molar-refractivity contribution in [3.8, 4) is 0 Å². The van der Waals surface area contributed by atoms with Gasteiger partial charge in [0.15, 0.2) is 0 Å². The molecule has 0 spiro atoms. The molecule has 2 saturated heterocycles. The number of aromatic nitrogens is 2. The molecule has 2 aliphatic heterocycles. The van der Waals surface area contributed by atoms with Gasteiger partial charge in [0, 0.05) is 19.1 Å². The van der Waals surface area contributed by atoms with Crippen molar-refractivity contribution in [2.24, 2.45) is 5.92 Å². The zero-order valence-corrected chi connectivity index (χ0v) is 12.1. The van der Waals surface area contributed by atoms with E-state index in [-0.39, 0.29) is 6.04 Å². The van der Waals surface area contributed by atoms with Crippen LogP contribution in [0.3, 0.4) is 0 Å². The van der Waals surface area contributed by atoms with Crippen molar-refractivity contribution in [1.82, 2.24) is 15.5 Å². The molecule has 3 aliphatic rings. The predicted octanol–water partition coefficient (Wildman–Crippen LogP) is 2.65. The zero-order chi connectivity index (χ0) is 13.4. The van der Waals surface area contributed by atoms with Gasteiger partial charge in [0.2, 0.25) is 5.89 Å². The number of piperidine rings is 1. The quantitative estimate of drug-likeness (QED) is 0.900. The molecule has 5 nitrogen and oxygen atoms in total. The second kappa shape index (κ2) is 5.35. The smallest absolute Gasteiger partial charge is 0.266 e. The van der Waals surface area contributed by atoms with E-state index in [4.69, 9.17) is 4.52 Å². The van der Waals surface area contributed by atoms with Crippen LogP contribution in [-0.2, 0) is 0 Å². The standard InChI is InChI=1S/C15H24N4O/c1-4-8-19(9-5-1)15-17-14(20-18-15)13-10-11-6-2-3-7-12(11)16-13/h11-13,16H,1-10H2. The van der Waals surface area contributed by atoms with Gasteiger partial charge in [0.25, 0.3) is 5.95 Å². The van der Waals surface area contributed by atoms with E-state index in [1.54, 1.807) is 0 Å². The molecule has 0 radical (unpaired) electrons. The molecule has 110 valence electrons. The Labute approximate surface area is 120 Å². The van der Waals surface area contributed by atoms with Gasteiger partial charge in [-0.15, -0.1) is 0 Å². The van der Waals surface area contributed by atoms with Crippen LogP contribution in [0.25, 0.3) is 0 Å². The van der Waals surface area contributed by atoms with Crippen molar-refractivity contribution in [2.75, 3.05) is 18.0 Å². The van der Waals surface area contributed by atoms with Crippen molar-refractivity contribution in [3.63, 3.8) is 0 Å². The predicted molar refractivity (Wildman–Crippen MR) is 76.6 cm³/mol. The molecular formula is C15H24N4O. The summed E-state index contributed by atoms with van der Waals surface area (Å²) in [7, 11) is 0. The van der Waals surface area contributed by atoms with Crippen LogP contribution in [0.15, 0.2) is 4.52 Å². The maximum atomic E-state index is 5.54. The second-order valence-electron chi connectivity index (χ2n) is 6.59. The Morgan fingerprint density at radius 3 is 2.75 bits per heavy atom. The Morgan fingerprint density at radius 2 is 1.90 bits per heavy atom. The molecule has 0 bridgehead atoms. The molecule has 3 heterocycles. The first-order chi connectivity index (χ1) is 9.90. The number of nitrogens with zero attached hydrogens (tertiary/aromatic N) is 3. The van der Waals surface area contributed by atoms with Gasteiger partial charge in [-0.3, -0.25) is 0 Å². The molecular weight excluding hydrogens is 252 g/mol. The van der Waals surface area contributed by atoms with Crippen LogP contribution in [0.2, 0.25) is 0 Å². The zero-order valence-electron chi connectivity index (χ0n) is 12.1. The number of fused-ring (bicyclic) bond motifs is 1. The van der Waals surface area contributed by atoms with Crippen molar-refractivity contribution < 1.29 is 4.52 Å². The monoisotopic (exact) mass is 276 g/mol. The van der Waals surface area contributed by atoms with Gasteiger partial charge in [-0.1, -0.05) is 12.8 Å². The van der Waals surface area contributed by atoms with Crippen molar-refractivity contribution in [2.45, 2.75) is 63.5 Å².